The van der Waals surface area contributed by atoms with Gasteiger partial charge in [0.25, 0.3) is 0 Å². The second-order valence-corrected chi connectivity index (χ2v) is 5.33. The summed E-state index contributed by atoms with van der Waals surface area (Å²) in [4.78, 5) is 2.25. The van der Waals surface area contributed by atoms with E-state index in [1.54, 1.807) is 0 Å². The number of nitrogens with one attached hydrogen (secondary N) is 1. The van der Waals surface area contributed by atoms with Crippen LogP contribution in [0.25, 0.3) is 0 Å². The first kappa shape index (κ1) is 12.9. The van der Waals surface area contributed by atoms with E-state index in [9.17, 15) is 0 Å². The SMILES string of the molecule is CN(C)C(C)(C)CNCC1CCCCO1. The summed E-state index contributed by atoms with van der Waals surface area (Å²) in [6.07, 6.45) is 4.22. The van der Waals surface area contributed by atoms with Gasteiger partial charge in [-0.2, -0.15) is 0 Å². The van der Waals surface area contributed by atoms with Crippen molar-refractivity contribution in [3.63, 3.8) is 0 Å². The van der Waals surface area contributed by atoms with E-state index in [2.05, 4.69) is 38.2 Å². The van der Waals surface area contributed by atoms with Crippen LogP contribution in [-0.2, 0) is 4.74 Å². The van der Waals surface area contributed by atoms with Crippen LogP contribution in [0.3, 0.4) is 0 Å². The van der Waals surface area contributed by atoms with Crippen LogP contribution in [0, 0.1) is 0 Å². The maximum absolute atomic E-state index is 5.68. The first-order valence-electron chi connectivity index (χ1n) is 6.02. The van der Waals surface area contributed by atoms with E-state index in [0.717, 1.165) is 19.7 Å². The van der Waals surface area contributed by atoms with Crippen molar-refractivity contribution >= 4 is 0 Å². The zero-order valence-corrected chi connectivity index (χ0v) is 10.7. The zero-order valence-electron chi connectivity index (χ0n) is 10.7. The van der Waals surface area contributed by atoms with E-state index in [1.807, 2.05) is 0 Å². The highest BCUT2D eigenvalue weighted by Gasteiger charge is 2.21. The molecule has 0 spiro atoms. The minimum Gasteiger partial charge on any atom is -0.377 e. The van der Waals surface area contributed by atoms with Crippen LogP contribution in [-0.4, -0.2) is 50.3 Å². The molecule has 1 fully saturated rings. The van der Waals surface area contributed by atoms with Crippen LogP contribution in [0.1, 0.15) is 33.1 Å². The maximum atomic E-state index is 5.68. The van der Waals surface area contributed by atoms with E-state index < -0.39 is 0 Å². The van der Waals surface area contributed by atoms with Gasteiger partial charge < -0.3 is 15.0 Å². The Morgan fingerprint density at radius 1 is 1.33 bits per heavy atom. The Bertz CT molecular complexity index is 174. The molecule has 1 N–H and O–H groups in total. The summed E-state index contributed by atoms with van der Waals surface area (Å²) >= 11 is 0. The minimum atomic E-state index is 0.217. The van der Waals surface area contributed by atoms with Gasteiger partial charge in [-0.05, 0) is 47.2 Å². The van der Waals surface area contributed by atoms with Gasteiger partial charge in [0, 0.05) is 25.2 Å². The smallest absolute Gasteiger partial charge is 0.0699 e. The third-order valence-electron chi connectivity index (χ3n) is 3.41. The summed E-state index contributed by atoms with van der Waals surface area (Å²) in [5, 5.41) is 3.51. The molecule has 0 aromatic carbocycles. The van der Waals surface area contributed by atoms with Gasteiger partial charge in [0.15, 0.2) is 0 Å². The molecule has 15 heavy (non-hydrogen) atoms. The number of hydrogen-bond donors (Lipinski definition) is 1. The van der Waals surface area contributed by atoms with Crippen molar-refractivity contribution < 1.29 is 4.74 Å². The molecule has 3 heteroatoms. The lowest BCUT2D eigenvalue weighted by Gasteiger charge is -2.33. The third-order valence-corrected chi connectivity index (χ3v) is 3.41. The molecule has 1 unspecified atom stereocenters. The van der Waals surface area contributed by atoms with Crippen molar-refractivity contribution in [2.24, 2.45) is 0 Å². The number of ether oxygens (including phenoxy) is 1. The van der Waals surface area contributed by atoms with Crippen LogP contribution in [0.2, 0.25) is 0 Å². The summed E-state index contributed by atoms with van der Waals surface area (Å²) in [5.74, 6) is 0. The topological polar surface area (TPSA) is 24.5 Å². The predicted octanol–water partition coefficient (Wildman–Crippen LogP) is 1.49. The second kappa shape index (κ2) is 5.83. The van der Waals surface area contributed by atoms with Crippen LogP contribution >= 0.6 is 0 Å². The highest BCUT2D eigenvalue weighted by Crippen LogP contribution is 2.12. The molecule has 0 aromatic heterocycles. The molecular weight excluding hydrogens is 188 g/mol. The van der Waals surface area contributed by atoms with Gasteiger partial charge in [0.2, 0.25) is 0 Å². The van der Waals surface area contributed by atoms with Crippen molar-refractivity contribution in [2.45, 2.75) is 44.8 Å². The standard InChI is InChI=1S/C12H26N2O/c1-12(2,14(3)4)10-13-9-11-7-5-6-8-15-11/h11,13H,5-10H2,1-4H3. The van der Waals surface area contributed by atoms with Crippen molar-refractivity contribution in [1.82, 2.24) is 10.2 Å². The highest BCUT2D eigenvalue weighted by atomic mass is 16.5. The van der Waals surface area contributed by atoms with Crippen molar-refractivity contribution in [1.29, 1.82) is 0 Å². The molecule has 0 aromatic rings. The van der Waals surface area contributed by atoms with Gasteiger partial charge in [0.05, 0.1) is 6.10 Å². The summed E-state index contributed by atoms with van der Waals surface area (Å²) in [7, 11) is 4.25. The zero-order chi connectivity index (χ0) is 11.3. The molecule has 1 rings (SSSR count). The van der Waals surface area contributed by atoms with Gasteiger partial charge >= 0.3 is 0 Å². The average molecular weight is 214 g/mol. The molecule has 0 amide bonds. The maximum Gasteiger partial charge on any atom is 0.0699 e. The Labute approximate surface area is 94.2 Å². The number of hydrogen-bond acceptors (Lipinski definition) is 3. The summed E-state index contributed by atoms with van der Waals surface area (Å²) in [6.45, 7) is 7.46. The monoisotopic (exact) mass is 214 g/mol. The minimum absolute atomic E-state index is 0.217. The van der Waals surface area contributed by atoms with Crippen molar-refractivity contribution in [3.05, 3.63) is 0 Å². The number of nitrogens with zero attached hydrogens (tertiary/aromatic N) is 1. The molecular formula is C12H26N2O. The molecule has 1 aliphatic heterocycles. The molecule has 0 radical (unpaired) electrons. The Balaban J connectivity index is 2.14. The first-order chi connectivity index (χ1) is 7.02. The second-order valence-electron chi connectivity index (χ2n) is 5.33. The fourth-order valence-electron chi connectivity index (χ4n) is 1.67. The van der Waals surface area contributed by atoms with Gasteiger partial charge in [-0.3, -0.25) is 0 Å². The Morgan fingerprint density at radius 2 is 2.07 bits per heavy atom. The molecule has 90 valence electrons. The average Bonchev–Trinajstić information content (AvgIpc) is 2.19. The third kappa shape index (κ3) is 4.49. The molecule has 1 saturated heterocycles. The Morgan fingerprint density at radius 3 is 2.60 bits per heavy atom. The molecule has 3 nitrogen and oxygen atoms in total. The van der Waals surface area contributed by atoms with E-state index in [0.29, 0.717) is 6.10 Å². The molecule has 0 saturated carbocycles. The Hall–Kier alpha value is -0.120. The van der Waals surface area contributed by atoms with Gasteiger partial charge in [-0.1, -0.05) is 0 Å². The molecule has 1 aliphatic rings. The lowest BCUT2D eigenvalue weighted by molar-refractivity contribution is 0.0151. The van der Waals surface area contributed by atoms with Crippen molar-refractivity contribution in [2.75, 3.05) is 33.8 Å². The molecule has 1 heterocycles. The number of likely N-dealkylation sites (N-methyl/N-ethyl adjacent to an activating group) is 1. The fraction of sp³-hybridized carbons (Fsp3) is 1.00. The summed E-state index contributed by atoms with van der Waals surface area (Å²) in [5.41, 5.74) is 0.217. The van der Waals surface area contributed by atoms with Crippen LogP contribution in [0.15, 0.2) is 0 Å². The summed E-state index contributed by atoms with van der Waals surface area (Å²) < 4.78 is 5.68. The Kier molecular flexibility index (Phi) is 5.03. The predicted molar refractivity (Wildman–Crippen MR) is 64.2 cm³/mol. The lowest BCUT2D eigenvalue weighted by Crippen LogP contribution is -2.48. The quantitative estimate of drug-likeness (QED) is 0.750. The van der Waals surface area contributed by atoms with Gasteiger partial charge in [-0.15, -0.1) is 0 Å². The highest BCUT2D eigenvalue weighted by molar-refractivity contribution is 4.80. The van der Waals surface area contributed by atoms with E-state index >= 15 is 0 Å². The lowest BCUT2D eigenvalue weighted by atomic mass is 10.0. The van der Waals surface area contributed by atoms with E-state index in [4.69, 9.17) is 4.74 Å². The first-order valence-corrected chi connectivity index (χ1v) is 6.02. The van der Waals surface area contributed by atoms with E-state index in [1.165, 1.54) is 19.3 Å². The van der Waals surface area contributed by atoms with Gasteiger partial charge in [-0.25, -0.2) is 0 Å². The van der Waals surface area contributed by atoms with Crippen LogP contribution in [0.5, 0.6) is 0 Å². The van der Waals surface area contributed by atoms with E-state index in [-0.39, 0.29) is 5.54 Å². The van der Waals surface area contributed by atoms with Crippen molar-refractivity contribution in [3.8, 4) is 0 Å². The molecule has 1 atom stereocenters. The van der Waals surface area contributed by atoms with Gasteiger partial charge in [0.1, 0.15) is 0 Å². The fourth-order valence-corrected chi connectivity index (χ4v) is 1.67. The number of rotatable bonds is 5. The van der Waals surface area contributed by atoms with Crippen LogP contribution in [0.4, 0.5) is 0 Å². The molecule has 0 aliphatic carbocycles. The normalized spacial score (nSPS) is 23.4. The molecule has 0 bridgehead atoms. The van der Waals surface area contributed by atoms with Crippen LogP contribution < -0.4 is 5.32 Å². The largest absolute Gasteiger partial charge is 0.377 e. The summed E-state index contributed by atoms with van der Waals surface area (Å²) in [6, 6.07) is 0.